The maximum Gasteiger partial charge on any atom is 0.273 e. The number of rotatable bonds is 5. The lowest BCUT2D eigenvalue weighted by molar-refractivity contribution is -0.385. The minimum absolute atomic E-state index is 0.304. The van der Waals surface area contributed by atoms with Crippen LogP contribution in [0.2, 0.25) is 0 Å². The van der Waals surface area contributed by atoms with Crippen LogP contribution >= 0.6 is 0 Å². The Morgan fingerprint density at radius 1 is 1.44 bits per heavy atom. The molecule has 9 heteroatoms. The van der Waals surface area contributed by atoms with Crippen molar-refractivity contribution in [1.82, 2.24) is 4.72 Å². The molecule has 0 aliphatic carbocycles. The lowest BCUT2D eigenvalue weighted by atomic mass is 10.2. The van der Waals surface area contributed by atoms with Crippen LogP contribution in [0.3, 0.4) is 0 Å². The molecule has 0 aliphatic heterocycles. The maximum atomic E-state index is 11.6. The number of nitrogens with one attached hydrogen (secondary N) is 1. The summed E-state index contributed by atoms with van der Waals surface area (Å²) < 4.78 is 24.9. The van der Waals surface area contributed by atoms with Crippen LogP contribution in [0.25, 0.3) is 0 Å². The van der Waals surface area contributed by atoms with Crippen molar-refractivity contribution in [1.29, 1.82) is 0 Å². The Hall–Kier alpha value is -2.00. The number of benzene rings is 1. The first kappa shape index (κ1) is 14.1. The van der Waals surface area contributed by atoms with Crippen molar-refractivity contribution >= 4 is 21.7 Å². The molecule has 8 nitrogen and oxygen atoms in total. The number of hydrogen-bond donors (Lipinski definition) is 1. The molecule has 0 atom stereocenters. The van der Waals surface area contributed by atoms with Gasteiger partial charge in [0.2, 0.25) is 10.0 Å². The van der Waals surface area contributed by atoms with E-state index in [1.165, 1.54) is 13.0 Å². The number of sulfonamides is 1. The van der Waals surface area contributed by atoms with Crippen molar-refractivity contribution in [3.05, 3.63) is 33.9 Å². The predicted molar refractivity (Wildman–Crippen MR) is 58.0 cm³/mol. The maximum absolute atomic E-state index is 11.6. The van der Waals surface area contributed by atoms with E-state index in [0.717, 1.165) is 12.1 Å². The molecule has 0 amide bonds. The first-order valence-electron chi connectivity index (χ1n) is 4.68. The van der Waals surface area contributed by atoms with Crippen LogP contribution in [0.4, 0.5) is 5.69 Å². The third kappa shape index (κ3) is 3.25. The van der Waals surface area contributed by atoms with E-state index in [4.69, 9.17) is 0 Å². The third-order valence-corrected chi connectivity index (χ3v) is 3.49. The van der Waals surface area contributed by atoms with E-state index in [0.29, 0.717) is 5.56 Å². The number of aryl methyl sites for hydroxylation is 1. The molecule has 0 aliphatic rings. The molecule has 1 aromatic rings. The molecule has 1 rings (SSSR count). The molecule has 1 N–H and O–H groups in total. The number of carboxylic acids is 1. The fraction of sp³-hybridized carbons (Fsp3) is 0.222. The molecular formula is C9H9N2O6S-. The molecule has 0 spiro atoms. The van der Waals surface area contributed by atoms with Crippen LogP contribution < -0.4 is 9.83 Å². The molecule has 98 valence electrons. The summed E-state index contributed by atoms with van der Waals surface area (Å²) in [5.41, 5.74) is -0.0508. The molecule has 0 unspecified atom stereocenters. The molecular weight excluding hydrogens is 264 g/mol. The van der Waals surface area contributed by atoms with Crippen molar-refractivity contribution in [3.63, 3.8) is 0 Å². The monoisotopic (exact) mass is 273 g/mol. The van der Waals surface area contributed by atoms with Crippen molar-refractivity contribution in [2.24, 2.45) is 0 Å². The highest BCUT2D eigenvalue weighted by molar-refractivity contribution is 7.89. The minimum Gasteiger partial charge on any atom is -0.549 e. The zero-order valence-electron chi connectivity index (χ0n) is 9.24. The van der Waals surface area contributed by atoms with E-state index in [9.17, 15) is 28.4 Å². The van der Waals surface area contributed by atoms with Gasteiger partial charge >= 0.3 is 0 Å². The highest BCUT2D eigenvalue weighted by Gasteiger charge is 2.19. The van der Waals surface area contributed by atoms with E-state index >= 15 is 0 Å². The smallest absolute Gasteiger partial charge is 0.273 e. The van der Waals surface area contributed by atoms with Gasteiger partial charge in [-0.15, -0.1) is 0 Å². The van der Waals surface area contributed by atoms with Gasteiger partial charge in [0.25, 0.3) is 5.69 Å². The summed E-state index contributed by atoms with van der Waals surface area (Å²) in [4.78, 5) is 19.7. The fourth-order valence-corrected chi connectivity index (χ4v) is 2.18. The Kier molecular flexibility index (Phi) is 3.99. The number of hydrogen-bond acceptors (Lipinski definition) is 6. The Morgan fingerprint density at radius 2 is 2.06 bits per heavy atom. The molecule has 0 heterocycles. The first-order valence-corrected chi connectivity index (χ1v) is 6.17. The van der Waals surface area contributed by atoms with E-state index in [1.807, 2.05) is 0 Å². The molecule has 18 heavy (non-hydrogen) atoms. The molecule has 0 aromatic heterocycles. The summed E-state index contributed by atoms with van der Waals surface area (Å²) in [6.45, 7) is 0.563. The Morgan fingerprint density at radius 3 is 2.56 bits per heavy atom. The van der Waals surface area contributed by atoms with Gasteiger partial charge in [0.05, 0.1) is 22.3 Å². The van der Waals surface area contributed by atoms with Crippen LogP contribution in [0, 0.1) is 17.0 Å². The van der Waals surface area contributed by atoms with E-state index in [2.05, 4.69) is 0 Å². The van der Waals surface area contributed by atoms with E-state index in [-0.39, 0.29) is 10.6 Å². The highest BCUT2D eigenvalue weighted by atomic mass is 32.2. The van der Waals surface area contributed by atoms with E-state index < -0.39 is 27.5 Å². The van der Waals surface area contributed by atoms with Gasteiger partial charge in [-0.05, 0) is 13.0 Å². The standard InChI is InChI=1S/C9H10N2O6S/c1-6-2-3-7(4-8(6)11(14)15)18(16,17)10-5-9(12)13/h2-4,10H,5H2,1H3,(H,12,13)/p-1. The van der Waals surface area contributed by atoms with Crippen molar-refractivity contribution < 1.29 is 23.2 Å². The van der Waals surface area contributed by atoms with Gasteiger partial charge in [-0.25, -0.2) is 13.1 Å². The number of carbonyl (C=O) groups excluding carboxylic acids is 1. The van der Waals surface area contributed by atoms with Crippen LogP contribution in [0.1, 0.15) is 5.56 Å². The van der Waals surface area contributed by atoms with E-state index in [1.54, 1.807) is 4.72 Å². The molecule has 0 radical (unpaired) electrons. The number of nitrogens with zero attached hydrogens (tertiary/aromatic N) is 1. The SMILES string of the molecule is Cc1ccc(S(=O)(=O)NCC(=O)[O-])cc1[N+](=O)[O-]. The largest absolute Gasteiger partial charge is 0.549 e. The first-order chi connectivity index (χ1) is 8.24. The van der Waals surface area contributed by atoms with Crippen LogP contribution in [-0.2, 0) is 14.8 Å². The summed E-state index contributed by atoms with van der Waals surface area (Å²) in [6, 6.07) is 3.29. The van der Waals surface area contributed by atoms with Crippen molar-refractivity contribution in [2.75, 3.05) is 6.54 Å². The Bertz CT molecular complexity index is 595. The van der Waals surface area contributed by atoms with Crippen molar-refractivity contribution in [3.8, 4) is 0 Å². The van der Waals surface area contributed by atoms with Gasteiger partial charge in [-0.2, -0.15) is 0 Å². The number of carbonyl (C=O) groups is 1. The molecule has 0 bridgehead atoms. The average molecular weight is 273 g/mol. The topological polar surface area (TPSA) is 129 Å². The van der Waals surface area contributed by atoms with Gasteiger partial charge in [0, 0.05) is 11.6 Å². The number of aliphatic carboxylic acids is 1. The highest BCUT2D eigenvalue weighted by Crippen LogP contribution is 2.21. The third-order valence-electron chi connectivity index (χ3n) is 2.09. The average Bonchev–Trinajstić information content (AvgIpc) is 2.26. The minimum atomic E-state index is -4.10. The number of nitro groups is 1. The molecule has 0 fully saturated rings. The normalized spacial score (nSPS) is 11.2. The molecule has 1 aromatic carbocycles. The summed E-state index contributed by atoms with van der Waals surface area (Å²) in [7, 11) is -4.10. The Balaban J connectivity index is 3.14. The Labute approximate surface area is 102 Å². The number of nitro benzene ring substituents is 1. The zero-order valence-corrected chi connectivity index (χ0v) is 10.1. The van der Waals surface area contributed by atoms with Gasteiger partial charge < -0.3 is 9.90 Å². The van der Waals surface area contributed by atoms with Crippen LogP contribution in [0.15, 0.2) is 23.1 Å². The summed E-state index contributed by atoms with van der Waals surface area (Å²) >= 11 is 0. The fourth-order valence-electron chi connectivity index (χ4n) is 1.19. The summed E-state index contributed by atoms with van der Waals surface area (Å²) in [5.74, 6) is -1.60. The second kappa shape index (κ2) is 5.10. The van der Waals surface area contributed by atoms with Crippen LogP contribution in [0.5, 0.6) is 0 Å². The predicted octanol–water partition coefficient (Wildman–Crippen LogP) is -1.07. The second-order valence-corrected chi connectivity index (χ2v) is 5.17. The quantitative estimate of drug-likeness (QED) is 0.537. The molecule has 0 saturated heterocycles. The zero-order chi connectivity index (χ0) is 13.9. The van der Waals surface area contributed by atoms with Gasteiger partial charge in [-0.1, -0.05) is 6.07 Å². The lowest BCUT2D eigenvalue weighted by Crippen LogP contribution is -2.37. The second-order valence-electron chi connectivity index (χ2n) is 3.40. The molecule has 0 saturated carbocycles. The summed E-state index contributed by atoms with van der Waals surface area (Å²) in [6.07, 6.45) is 0. The lowest BCUT2D eigenvalue weighted by Gasteiger charge is -2.07. The van der Waals surface area contributed by atoms with Crippen LogP contribution in [-0.4, -0.2) is 25.9 Å². The van der Waals surface area contributed by atoms with Gasteiger partial charge in [-0.3, -0.25) is 10.1 Å². The van der Waals surface area contributed by atoms with Gasteiger partial charge in [0.15, 0.2) is 0 Å². The van der Waals surface area contributed by atoms with Gasteiger partial charge in [0.1, 0.15) is 0 Å². The summed E-state index contributed by atoms with van der Waals surface area (Å²) in [5, 5.41) is 20.8. The van der Waals surface area contributed by atoms with Crippen molar-refractivity contribution in [2.45, 2.75) is 11.8 Å². The number of carboxylic acid groups (broad SMARTS) is 1.